The van der Waals surface area contributed by atoms with Crippen LogP contribution in [0.25, 0.3) is 11.3 Å². The van der Waals surface area contributed by atoms with Gasteiger partial charge in [0.2, 0.25) is 0 Å². The van der Waals surface area contributed by atoms with E-state index in [0.717, 1.165) is 5.56 Å². The number of rotatable bonds is 1. The number of carbonyl (C=O) groups excluding carboxylic acids is 2. The molecule has 3 rings (SSSR count). The topological polar surface area (TPSA) is 69.2 Å². The summed E-state index contributed by atoms with van der Waals surface area (Å²) in [6.07, 6.45) is 1.42. The van der Waals surface area contributed by atoms with E-state index in [-0.39, 0.29) is 11.4 Å². The quantitative estimate of drug-likeness (QED) is 0.580. The molecule has 0 fully saturated rings. The maximum atomic E-state index is 11.3. The largest absolute Gasteiger partial charge is 0.383 e. The lowest BCUT2D eigenvalue weighted by molar-refractivity contribution is 0.0439. The van der Waals surface area contributed by atoms with Crippen molar-refractivity contribution in [3.05, 3.63) is 46.9 Å². The number of cyclic esters (lactones) is 2. The number of hydrogen-bond acceptors (Lipinski definition) is 5. The van der Waals surface area contributed by atoms with E-state index < -0.39 is 11.9 Å². The smallest absolute Gasteiger partial charge is 0.367 e. The summed E-state index contributed by atoms with van der Waals surface area (Å²) in [5, 5.41) is 0.599. The highest BCUT2D eigenvalue weighted by atomic mass is 35.5. The zero-order valence-corrected chi connectivity index (χ0v) is 9.64. The van der Waals surface area contributed by atoms with Crippen LogP contribution in [0.5, 0.6) is 0 Å². The Morgan fingerprint density at radius 2 is 1.67 bits per heavy atom. The second-order valence-corrected chi connectivity index (χ2v) is 4.07. The van der Waals surface area contributed by atoms with E-state index in [9.17, 15) is 9.59 Å². The van der Waals surface area contributed by atoms with E-state index in [2.05, 4.69) is 14.7 Å². The van der Waals surface area contributed by atoms with Crippen LogP contribution in [0.15, 0.2) is 30.5 Å². The highest BCUT2D eigenvalue weighted by Crippen LogP contribution is 2.22. The van der Waals surface area contributed by atoms with Crippen molar-refractivity contribution < 1.29 is 14.3 Å². The molecule has 18 heavy (non-hydrogen) atoms. The number of hydrogen-bond donors (Lipinski definition) is 0. The third-order valence-corrected chi connectivity index (χ3v) is 2.74. The normalized spacial score (nSPS) is 13.4. The Kier molecular flexibility index (Phi) is 2.34. The van der Waals surface area contributed by atoms with Crippen molar-refractivity contribution >= 4 is 23.5 Å². The lowest BCUT2D eigenvalue weighted by atomic mass is 10.1. The van der Waals surface area contributed by atoms with E-state index in [1.807, 2.05) is 0 Å². The van der Waals surface area contributed by atoms with Gasteiger partial charge in [0.25, 0.3) is 0 Å². The van der Waals surface area contributed by atoms with Crippen LogP contribution in [0.4, 0.5) is 0 Å². The molecule has 2 heterocycles. The van der Waals surface area contributed by atoms with Crippen molar-refractivity contribution in [1.29, 1.82) is 0 Å². The second kappa shape index (κ2) is 3.89. The molecule has 0 saturated heterocycles. The van der Waals surface area contributed by atoms with E-state index in [1.54, 1.807) is 24.3 Å². The molecule has 0 saturated carbocycles. The summed E-state index contributed by atoms with van der Waals surface area (Å²) in [5.74, 6) is -1.52. The van der Waals surface area contributed by atoms with Crippen LogP contribution in [-0.4, -0.2) is 21.9 Å². The molecule has 88 valence electrons. The average molecular weight is 261 g/mol. The van der Waals surface area contributed by atoms with Crippen LogP contribution in [-0.2, 0) is 4.74 Å². The Balaban J connectivity index is 2.11. The molecule has 1 aliphatic heterocycles. The van der Waals surface area contributed by atoms with Crippen LogP contribution >= 0.6 is 11.6 Å². The van der Waals surface area contributed by atoms with Crippen LogP contribution < -0.4 is 0 Å². The van der Waals surface area contributed by atoms with Crippen molar-refractivity contribution in [1.82, 2.24) is 9.97 Å². The Bertz CT molecular complexity index is 668. The fourth-order valence-electron chi connectivity index (χ4n) is 1.62. The molecule has 0 bridgehead atoms. The predicted octanol–water partition coefficient (Wildman–Crippen LogP) is 2.11. The SMILES string of the molecule is O=C1OC(=O)c2nc(-c3ccc(Cl)cc3)cnc21. The number of nitrogens with zero attached hydrogens (tertiary/aromatic N) is 2. The van der Waals surface area contributed by atoms with Crippen molar-refractivity contribution in [3.63, 3.8) is 0 Å². The van der Waals surface area contributed by atoms with Gasteiger partial charge in [-0.3, -0.25) is 0 Å². The number of fused-ring (bicyclic) bond motifs is 1. The third-order valence-electron chi connectivity index (χ3n) is 2.48. The van der Waals surface area contributed by atoms with Crippen molar-refractivity contribution in [3.8, 4) is 11.3 Å². The van der Waals surface area contributed by atoms with Gasteiger partial charge in [0.1, 0.15) is 0 Å². The maximum absolute atomic E-state index is 11.3. The Hall–Kier alpha value is -2.27. The van der Waals surface area contributed by atoms with Crippen LogP contribution in [0.2, 0.25) is 5.02 Å². The summed E-state index contributed by atoms with van der Waals surface area (Å²) < 4.78 is 4.42. The molecule has 0 radical (unpaired) electrons. The van der Waals surface area contributed by atoms with Crippen LogP contribution in [0.1, 0.15) is 21.0 Å². The average Bonchev–Trinajstić information content (AvgIpc) is 2.66. The summed E-state index contributed by atoms with van der Waals surface area (Å²) in [6.45, 7) is 0. The minimum absolute atomic E-state index is 0.0438. The molecule has 5 nitrogen and oxygen atoms in total. The number of benzene rings is 1. The minimum Gasteiger partial charge on any atom is -0.383 e. The van der Waals surface area contributed by atoms with E-state index in [4.69, 9.17) is 11.6 Å². The molecule has 6 heteroatoms. The van der Waals surface area contributed by atoms with Gasteiger partial charge in [-0.1, -0.05) is 23.7 Å². The Labute approximate surface area is 106 Å². The molecule has 1 aromatic heterocycles. The summed E-state index contributed by atoms with van der Waals surface area (Å²) >= 11 is 5.78. The fourth-order valence-corrected chi connectivity index (χ4v) is 1.75. The van der Waals surface area contributed by atoms with E-state index >= 15 is 0 Å². The van der Waals surface area contributed by atoms with Crippen LogP contribution in [0, 0.1) is 0 Å². The Morgan fingerprint density at radius 1 is 1.00 bits per heavy atom. The molecule has 1 aromatic carbocycles. The first kappa shape index (κ1) is 10.9. The summed E-state index contributed by atoms with van der Waals surface area (Å²) in [4.78, 5) is 30.5. The van der Waals surface area contributed by atoms with Crippen LogP contribution in [0.3, 0.4) is 0 Å². The Morgan fingerprint density at radius 3 is 2.39 bits per heavy atom. The lowest BCUT2D eigenvalue weighted by Gasteiger charge is -2.01. The van der Waals surface area contributed by atoms with Gasteiger partial charge in [0, 0.05) is 10.6 Å². The predicted molar refractivity (Wildman–Crippen MR) is 62.2 cm³/mol. The maximum Gasteiger partial charge on any atom is 0.367 e. The highest BCUT2D eigenvalue weighted by molar-refractivity contribution is 6.30. The molecule has 0 amide bonds. The van der Waals surface area contributed by atoms with Gasteiger partial charge >= 0.3 is 11.9 Å². The number of halogens is 1. The molecule has 0 aliphatic carbocycles. The minimum atomic E-state index is -0.765. The van der Waals surface area contributed by atoms with Gasteiger partial charge in [0.05, 0.1) is 11.9 Å². The first-order chi connectivity index (χ1) is 8.65. The van der Waals surface area contributed by atoms with Gasteiger partial charge in [-0.2, -0.15) is 0 Å². The standard InChI is InChI=1S/C12H5ClN2O3/c13-7-3-1-6(2-4-7)8-5-14-9-10(15-8)12(17)18-11(9)16/h1-5H. The van der Waals surface area contributed by atoms with Gasteiger partial charge in [0.15, 0.2) is 11.4 Å². The second-order valence-electron chi connectivity index (χ2n) is 3.64. The molecule has 0 spiro atoms. The van der Waals surface area contributed by atoms with Crippen molar-refractivity contribution in [2.45, 2.75) is 0 Å². The fraction of sp³-hybridized carbons (Fsp3) is 0. The zero-order valence-electron chi connectivity index (χ0n) is 8.88. The molecule has 0 N–H and O–H groups in total. The molecule has 1 aliphatic rings. The van der Waals surface area contributed by atoms with E-state index in [0.29, 0.717) is 10.7 Å². The molecular weight excluding hydrogens is 256 g/mol. The number of esters is 2. The van der Waals surface area contributed by atoms with Gasteiger partial charge in [-0.25, -0.2) is 19.6 Å². The lowest BCUT2D eigenvalue weighted by Crippen LogP contribution is -2.00. The monoisotopic (exact) mass is 260 g/mol. The zero-order chi connectivity index (χ0) is 12.7. The first-order valence-corrected chi connectivity index (χ1v) is 5.42. The molecule has 0 atom stereocenters. The van der Waals surface area contributed by atoms with Gasteiger partial charge in [-0.15, -0.1) is 0 Å². The number of ether oxygens (including phenoxy) is 1. The summed E-state index contributed by atoms with van der Waals surface area (Å²) in [5.41, 5.74) is 1.14. The third kappa shape index (κ3) is 1.65. The van der Waals surface area contributed by atoms with Gasteiger partial charge in [-0.05, 0) is 12.1 Å². The number of carbonyl (C=O) groups is 2. The van der Waals surface area contributed by atoms with Gasteiger partial charge < -0.3 is 4.74 Å². The van der Waals surface area contributed by atoms with Crippen molar-refractivity contribution in [2.24, 2.45) is 0 Å². The highest BCUT2D eigenvalue weighted by Gasteiger charge is 2.33. The van der Waals surface area contributed by atoms with E-state index in [1.165, 1.54) is 6.20 Å². The summed E-state index contributed by atoms with van der Waals surface area (Å²) in [6, 6.07) is 6.91. The molecule has 2 aromatic rings. The first-order valence-electron chi connectivity index (χ1n) is 5.04. The molecule has 0 unspecified atom stereocenters. The van der Waals surface area contributed by atoms with Crippen molar-refractivity contribution in [2.75, 3.05) is 0 Å². The summed E-state index contributed by atoms with van der Waals surface area (Å²) in [7, 11) is 0. The number of aromatic nitrogens is 2. The molecular formula is C12H5ClN2O3.